The Hall–Kier alpha value is 0.672. The third-order valence-electron chi connectivity index (χ3n) is 2.62. The first-order chi connectivity index (χ1) is 5.54. The molecule has 1 heterocycles. The Morgan fingerprint density at radius 1 is 1.50 bits per heavy atom. The molecule has 0 radical (unpaired) electrons. The van der Waals surface area contributed by atoms with Crippen LogP contribution >= 0.6 is 0 Å². The third kappa shape index (κ3) is 4.04. The molecule has 0 aliphatic carbocycles. The summed E-state index contributed by atoms with van der Waals surface area (Å²) in [6, 6.07) is 0. The van der Waals surface area contributed by atoms with Crippen molar-refractivity contribution in [2.75, 3.05) is 13.2 Å². The van der Waals surface area contributed by atoms with E-state index in [1.807, 2.05) is 6.08 Å². The van der Waals surface area contributed by atoms with Crippen molar-refractivity contribution >= 4 is 0 Å². The smallest absolute Gasteiger partial charge is 0.0635 e. The summed E-state index contributed by atoms with van der Waals surface area (Å²) in [4.78, 5) is 0. The Morgan fingerprint density at radius 3 is 2.36 bits per heavy atom. The minimum Gasteiger partial charge on any atom is -0.412 e. The molecule has 1 unspecified atom stereocenters. The van der Waals surface area contributed by atoms with E-state index in [-0.39, 0.29) is 54.2 Å². The molecule has 0 bridgehead atoms. The summed E-state index contributed by atoms with van der Waals surface area (Å²) in [5.74, 6) is 0. The van der Waals surface area contributed by atoms with Crippen LogP contribution in [0.1, 0.15) is 26.7 Å². The zero-order valence-electron chi connectivity index (χ0n) is 8.97. The van der Waals surface area contributed by atoms with E-state index in [2.05, 4.69) is 20.4 Å². The van der Waals surface area contributed by atoms with Gasteiger partial charge >= 0.3 is 0 Å². The Bertz CT molecular complexity index is 182. The molecule has 3 N–H and O–H groups in total. The van der Waals surface area contributed by atoms with Gasteiger partial charge in [-0.3, -0.25) is 0 Å². The molecule has 1 atom stereocenters. The Kier molecular flexibility index (Phi) is 7.68. The fourth-order valence-corrected chi connectivity index (χ4v) is 1.89. The summed E-state index contributed by atoms with van der Waals surface area (Å²) in [6.45, 7) is 8.79. The molecule has 0 aromatic rings. The zero-order chi connectivity index (χ0) is 9.24. The maximum atomic E-state index is 9.25. The van der Waals surface area contributed by atoms with Crippen LogP contribution in [0.5, 0.6) is 0 Å². The molecule has 0 spiro atoms. The summed E-state index contributed by atoms with van der Waals surface area (Å²) in [6.07, 6.45) is 3.62. The van der Waals surface area contributed by atoms with Crippen molar-refractivity contribution in [1.29, 1.82) is 0 Å². The number of ether oxygens (including phenoxy) is 1. The summed E-state index contributed by atoms with van der Waals surface area (Å²) in [5.41, 5.74) is -0.225. The van der Waals surface area contributed by atoms with Crippen LogP contribution in [0.25, 0.3) is 0 Å². The van der Waals surface area contributed by atoms with E-state index in [1.165, 1.54) is 0 Å². The van der Waals surface area contributed by atoms with E-state index < -0.39 is 0 Å². The first kappa shape index (κ1) is 17.1. The summed E-state index contributed by atoms with van der Waals surface area (Å²) in [7, 11) is 0. The van der Waals surface area contributed by atoms with Gasteiger partial charge in [-0.25, -0.2) is 0 Å². The average molecular weight is 426 g/mol. The van der Waals surface area contributed by atoms with Crippen LogP contribution in [0.4, 0.5) is 0 Å². The maximum Gasteiger partial charge on any atom is 0.0635 e. The maximum absolute atomic E-state index is 9.25. The molecule has 3 nitrogen and oxygen atoms in total. The van der Waals surface area contributed by atoms with Crippen LogP contribution in [-0.4, -0.2) is 29.4 Å². The average Bonchev–Trinajstić information content (AvgIpc) is 2.02. The molecule has 82 valence electrons. The van der Waals surface area contributed by atoms with Gasteiger partial charge in [0.2, 0.25) is 0 Å². The molecular formula is C10H20O3U. The van der Waals surface area contributed by atoms with Crippen molar-refractivity contribution in [3.05, 3.63) is 12.7 Å². The van der Waals surface area contributed by atoms with Crippen molar-refractivity contribution in [1.82, 2.24) is 0 Å². The van der Waals surface area contributed by atoms with E-state index in [1.54, 1.807) is 0 Å². The van der Waals surface area contributed by atoms with Crippen LogP contribution in [0.15, 0.2) is 12.7 Å². The molecule has 0 amide bonds. The summed E-state index contributed by atoms with van der Waals surface area (Å²) in [5, 5.41) is 9.25. The summed E-state index contributed by atoms with van der Waals surface area (Å²) >= 11 is 0. The molecule has 1 fully saturated rings. The monoisotopic (exact) mass is 426 g/mol. The minimum atomic E-state index is -0.116. The summed E-state index contributed by atoms with van der Waals surface area (Å²) < 4.78 is 5.57. The zero-order valence-corrected chi connectivity index (χ0v) is 13.1. The minimum absolute atomic E-state index is 0. The molecule has 1 saturated heterocycles. The van der Waals surface area contributed by atoms with Crippen LogP contribution in [0.3, 0.4) is 0 Å². The van der Waals surface area contributed by atoms with E-state index in [4.69, 9.17) is 4.74 Å². The predicted octanol–water partition coefficient (Wildman–Crippen LogP) is 0.915. The van der Waals surface area contributed by atoms with Gasteiger partial charge in [-0.15, -0.1) is 6.58 Å². The van der Waals surface area contributed by atoms with Gasteiger partial charge in [-0.1, -0.05) is 6.08 Å². The van der Waals surface area contributed by atoms with Crippen molar-refractivity contribution in [2.45, 2.75) is 32.3 Å². The normalized spacial score (nSPS) is 29.6. The molecule has 4 heteroatoms. The quantitative estimate of drug-likeness (QED) is 0.668. The Labute approximate surface area is 110 Å². The van der Waals surface area contributed by atoms with Gasteiger partial charge in [-0.2, -0.15) is 0 Å². The topological polar surface area (TPSA) is 61.0 Å². The van der Waals surface area contributed by atoms with Crippen LogP contribution in [-0.2, 0) is 4.74 Å². The van der Waals surface area contributed by atoms with E-state index in [9.17, 15) is 5.11 Å². The second-order valence-corrected chi connectivity index (χ2v) is 4.26. The Morgan fingerprint density at radius 2 is 2.07 bits per heavy atom. The number of aliphatic hydroxyl groups is 1. The van der Waals surface area contributed by atoms with Crippen molar-refractivity contribution in [3.63, 3.8) is 0 Å². The van der Waals surface area contributed by atoms with Gasteiger partial charge in [0.15, 0.2) is 0 Å². The van der Waals surface area contributed by atoms with Crippen molar-refractivity contribution in [3.8, 4) is 0 Å². The molecule has 1 aliphatic rings. The Balaban J connectivity index is 0. The van der Waals surface area contributed by atoms with Crippen molar-refractivity contribution in [2.24, 2.45) is 5.41 Å². The fourth-order valence-electron chi connectivity index (χ4n) is 1.89. The fraction of sp³-hybridized carbons (Fsp3) is 0.800. The van der Waals surface area contributed by atoms with Gasteiger partial charge < -0.3 is 15.3 Å². The van der Waals surface area contributed by atoms with E-state index in [0.717, 1.165) is 19.4 Å². The first-order valence-electron chi connectivity index (χ1n) is 4.42. The molecular weight excluding hydrogens is 406 g/mol. The largest absolute Gasteiger partial charge is 0.412 e. The molecule has 0 aromatic heterocycles. The number of hydrogen-bond donors (Lipinski definition) is 1. The van der Waals surface area contributed by atoms with Crippen LogP contribution < -0.4 is 0 Å². The molecule has 0 saturated carbocycles. The van der Waals surface area contributed by atoms with Gasteiger partial charge in [0.1, 0.15) is 0 Å². The second kappa shape index (κ2) is 6.30. The number of rotatable bonds is 2. The van der Waals surface area contributed by atoms with Gasteiger partial charge in [0, 0.05) is 43.1 Å². The first-order valence-corrected chi connectivity index (χ1v) is 4.42. The molecule has 1 aliphatic heterocycles. The van der Waals surface area contributed by atoms with Gasteiger partial charge in [0.05, 0.1) is 12.2 Å². The van der Waals surface area contributed by atoms with Gasteiger partial charge in [-0.05, 0) is 26.7 Å². The standard InChI is InChI=1S/C10H18O2.H2O.U/c1-4-10(8-11)5-6-12-9(2,3)7-10;;/h4,11H,1,5-8H2,2-3H3;1H2;. The number of hydrogen-bond acceptors (Lipinski definition) is 2. The van der Waals surface area contributed by atoms with Crippen molar-refractivity contribution < 1.29 is 46.4 Å². The molecule has 14 heavy (non-hydrogen) atoms. The van der Waals surface area contributed by atoms with E-state index in [0.29, 0.717) is 0 Å². The second-order valence-electron chi connectivity index (χ2n) is 4.26. The molecule has 1 rings (SSSR count). The van der Waals surface area contributed by atoms with Gasteiger partial charge in [0.25, 0.3) is 0 Å². The SMILES string of the molecule is C=CC1(CO)CCOC(C)(C)C1.O.[U]. The number of aliphatic hydroxyl groups excluding tert-OH is 1. The van der Waals surface area contributed by atoms with E-state index >= 15 is 0 Å². The van der Waals surface area contributed by atoms with Crippen LogP contribution in [0, 0.1) is 36.5 Å². The van der Waals surface area contributed by atoms with Crippen LogP contribution in [0.2, 0.25) is 0 Å². The molecule has 0 aromatic carbocycles. The predicted molar refractivity (Wildman–Crippen MR) is 52.6 cm³/mol. The third-order valence-corrected chi connectivity index (χ3v) is 2.62.